The van der Waals surface area contributed by atoms with Gasteiger partial charge in [-0.05, 0) is 11.1 Å². The molecule has 174 valence electrons. The van der Waals surface area contributed by atoms with Gasteiger partial charge >= 0.3 is 5.51 Å². The minimum Gasteiger partial charge on any atom is -0.741 e. The van der Waals surface area contributed by atoms with Gasteiger partial charge in [-0.1, -0.05) is 60.7 Å². The third-order valence-corrected chi connectivity index (χ3v) is 5.78. The van der Waals surface area contributed by atoms with Crippen LogP contribution in [0.25, 0.3) is 38.8 Å². The SMILES string of the molecule is C[n+]1ccn2c3ccncc3c(-c3ccccc3)c(-c3ccccc3)c21.O=S(=O)([O-])C(F)(F)F. The van der Waals surface area contributed by atoms with Crippen LogP contribution in [0.1, 0.15) is 0 Å². The minimum atomic E-state index is -6.09. The Bertz CT molecular complexity index is 1570. The van der Waals surface area contributed by atoms with E-state index in [0.717, 1.165) is 10.9 Å². The summed E-state index contributed by atoms with van der Waals surface area (Å²) >= 11 is 0. The molecule has 0 aliphatic rings. The van der Waals surface area contributed by atoms with E-state index in [0.29, 0.717) is 0 Å². The van der Waals surface area contributed by atoms with Crippen LogP contribution in [0.15, 0.2) is 91.5 Å². The number of fused-ring (bicyclic) bond motifs is 3. The Kier molecular flexibility index (Phi) is 6.11. The second-order valence-corrected chi connectivity index (χ2v) is 8.75. The third-order valence-electron chi connectivity index (χ3n) is 5.21. The number of aromatic nitrogens is 3. The molecule has 0 bridgehead atoms. The van der Waals surface area contributed by atoms with Crippen molar-refractivity contribution < 1.29 is 30.7 Å². The fourth-order valence-electron chi connectivity index (χ4n) is 3.79. The van der Waals surface area contributed by atoms with Crippen molar-refractivity contribution in [3.63, 3.8) is 0 Å². The Hall–Kier alpha value is -3.76. The molecule has 0 saturated carbocycles. The second kappa shape index (κ2) is 8.88. The summed E-state index contributed by atoms with van der Waals surface area (Å²) in [5, 5.41) is 1.15. The fraction of sp³-hybridized carbons (Fsp3) is 0.0833. The summed E-state index contributed by atoms with van der Waals surface area (Å²) < 4.78 is 63.3. The molecule has 34 heavy (non-hydrogen) atoms. The van der Waals surface area contributed by atoms with E-state index in [4.69, 9.17) is 13.0 Å². The number of pyridine rings is 2. The van der Waals surface area contributed by atoms with Gasteiger partial charge < -0.3 is 4.55 Å². The molecule has 0 radical (unpaired) electrons. The van der Waals surface area contributed by atoms with Gasteiger partial charge in [-0.3, -0.25) is 4.98 Å². The molecule has 0 fully saturated rings. The highest BCUT2D eigenvalue weighted by atomic mass is 32.2. The van der Waals surface area contributed by atoms with E-state index in [1.54, 1.807) is 0 Å². The third kappa shape index (κ3) is 4.37. The molecular formula is C24H18F3N3O3S. The number of imidazole rings is 1. The molecule has 0 aliphatic carbocycles. The standard InChI is InChI=1S/C23H18N3.CHF3O3S/c1-25-14-15-26-20-12-13-24-16-19(20)21(17-8-4-2-5-9-17)22(23(25)26)18-10-6-3-7-11-18;2-1(3,4)8(5,6)7/h2-16H,1H3;(H,5,6,7)/q+1;/p-1. The van der Waals surface area contributed by atoms with Crippen LogP contribution in [-0.4, -0.2) is 27.9 Å². The summed E-state index contributed by atoms with van der Waals surface area (Å²) in [6.07, 6.45) is 8.07. The number of alkyl halides is 3. The lowest BCUT2D eigenvalue weighted by Crippen LogP contribution is -2.26. The molecule has 6 nitrogen and oxygen atoms in total. The van der Waals surface area contributed by atoms with Gasteiger partial charge in [0.1, 0.15) is 17.9 Å². The lowest BCUT2D eigenvalue weighted by Gasteiger charge is -2.13. The highest BCUT2D eigenvalue weighted by Gasteiger charge is 2.37. The first-order chi connectivity index (χ1) is 16.1. The van der Waals surface area contributed by atoms with Gasteiger partial charge in [0, 0.05) is 29.4 Å². The van der Waals surface area contributed by atoms with Gasteiger partial charge in [-0.15, -0.1) is 0 Å². The summed E-state index contributed by atoms with van der Waals surface area (Å²) in [6.45, 7) is 0. The van der Waals surface area contributed by atoms with Gasteiger partial charge in [0.25, 0.3) is 5.65 Å². The Morgan fingerprint density at radius 3 is 1.97 bits per heavy atom. The Balaban J connectivity index is 0.000000297. The molecule has 5 rings (SSSR count). The maximum atomic E-state index is 10.7. The van der Waals surface area contributed by atoms with E-state index < -0.39 is 15.6 Å². The topological polar surface area (TPSA) is 78.4 Å². The van der Waals surface area contributed by atoms with E-state index in [2.05, 4.69) is 100 Å². The quantitative estimate of drug-likeness (QED) is 0.206. The molecule has 0 amide bonds. The smallest absolute Gasteiger partial charge is 0.485 e. The maximum absolute atomic E-state index is 10.7. The van der Waals surface area contributed by atoms with Gasteiger partial charge in [0.15, 0.2) is 10.1 Å². The summed E-state index contributed by atoms with van der Waals surface area (Å²) in [5.74, 6) is 0. The van der Waals surface area contributed by atoms with E-state index in [1.165, 1.54) is 27.9 Å². The van der Waals surface area contributed by atoms with Crippen molar-refractivity contribution in [1.82, 2.24) is 9.38 Å². The monoisotopic (exact) mass is 485 g/mol. The molecule has 0 spiro atoms. The molecule has 3 aromatic heterocycles. The number of aryl methyl sites for hydroxylation is 1. The van der Waals surface area contributed by atoms with Crippen LogP contribution < -0.4 is 4.57 Å². The first-order valence-corrected chi connectivity index (χ1v) is 11.4. The average Bonchev–Trinajstić information content (AvgIpc) is 3.20. The van der Waals surface area contributed by atoms with Gasteiger partial charge in [0.05, 0.1) is 12.6 Å². The normalized spacial score (nSPS) is 11.9. The minimum absolute atomic E-state index is 1.15. The highest BCUT2D eigenvalue weighted by molar-refractivity contribution is 7.86. The van der Waals surface area contributed by atoms with Gasteiger partial charge in [0.2, 0.25) is 0 Å². The lowest BCUT2D eigenvalue weighted by molar-refractivity contribution is -0.644. The maximum Gasteiger partial charge on any atom is 0.485 e. The van der Waals surface area contributed by atoms with Crippen molar-refractivity contribution >= 4 is 26.7 Å². The number of halogens is 3. The Morgan fingerprint density at radius 1 is 0.912 bits per heavy atom. The van der Waals surface area contributed by atoms with Crippen LogP contribution in [0.4, 0.5) is 13.2 Å². The van der Waals surface area contributed by atoms with Crippen molar-refractivity contribution in [2.24, 2.45) is 7.05 Å². The molecular weight excluding hydrogens is 467 g/mol. The fourth-order valence-corrected chi connectivity index (χ4v) is 3.79. The van der Waals surface area contributed by atoms with Crippen molar-refractivity contribution in [2.45, 2.75) is 5.51 Å². The molecule has 2 aromatic carbocycles. The summed E-state index contributed by atoms with van der Waals surface area (Å²) in [5.41, 5.74) is 1.55. The van der Waals surface area contributed by atoms with Crippen LogP contribution >= 0.6 is 0 Å². The number of hydrogen-bond acceptors (Lipinski definition) is 4. The number of benzene rings is 2. The first kappa shape index (κ1) is 23.4. The number of nitrogens with zero attached hydrogens (tertiary/aromatic N) is 3. The number of hydrogen-bond donors (Lipinski definition) is 0. The van der Waals surface area contributed by atoms with E-state index in [9.17, 15) is 13.2 Å². The Labute approximate surface area is 193 Å². The summed E-state index contributed by atoms with van der Waals surface area (Å²) in [4.78, 5) is 4.43. The average molecular weight is 485 g/mol. The zero-order valence-corrected chi connectivity index (χ0v) is 18.6. The van der Waals surface area contributed by atoms with Crippen LogP contribution in [0, 0.1) is 0 Å². The van der Waals surface area contributed by atoms with Crippen LogP contribution in [0.2, 0.25) is 0 Å². The molecule has 5 aromatic rings. The van der Waals surface area contributed by atoms with Crippen LogP contribution in [-0.2, 0) is 17.2 Å². The molecule has 10 heteroatoms. The van der Waals surface area contributed by atoms with E-state index in [-0.39, 0.29) is 0 Å². The molecule has 0 saturated heterocycles. The highest BCUT2D eigenvalue weighted by Crippen LogP contribution is 2.39. The predicted molar refractivity (Wildman–Crippen MR) is 120 cm³/mol. The first-order valence-electron chi connectivity index (χ1n) is 9.99. The molecule has 0 unspecified atom stereocenters. The lowest BCUT2D eigenvalue weighted by atomic mass is 9.92. The molecule has 0 N–H and O–H groups in total. The molecule has 3 heterocycles. The van der Waals surface area contributed by atoms with Crippen LogP contribution in [0.3, 0.4) is 0 Å². The largest absolute Gasteiger partial charge is 0.741 e. The van der Waals surface area contributed by atoms with Gasteiger partial charge in [-0.25, -0.2) is 13.0 Å². The Morgan fingerprint density at radius 2 is 1.44 bits per heavy atom. The predicted octanol–water partition coefficient (Wildman–Crippen LogP) is 4.70. The zero-order valence-electron chi connectivity index (χ0n) is 17.8. The summed E-state index contributed by atoms with van der Waals surface area (Å²) in [6, 6.07) is 23.3. The van der Waals surface area contributed by atoms with Gasteiger partial charge in [-0.2, -0.15) is 17.6 Å². The second-order valence-electron chi connectivity index (χ2n) is 7.38. The van der Waals surface area contributed by atoms with Crippen LogP contribution in [0.5, 0.6) is 0 Å². The molecule has 0 atom stereocenters. The van der Waals surface area contributed by atoms with E-state index >= 15 is 0 Å². The van der Waals surface area contributed by atoms with Crippen molar-refractivity contribution in [3.05, 3.63) is 91.5 Å². The zero-order chi connectivity index (χ0) is 24.5. The summed E-state index contributed by atoms with van der Waals surface area (Å²) in [7, 11) is -3.99. The number of rotatable bonds is 2. The van der Waals surface area contributed by atoms with Crippen molar-refractivity contribution in [2.75, 3.05) is 0 Å². The van der Waals surface area contributed by atoms with Crippen molar-refractivity contribution in [3.8, 4) is 22.3 Å². The molecule has 0 aliphatic heterocycles. The van der Waals surface area contributed by atoms with Crippen molar-refractivity contribution in [1.29, 1.82) is 0 Å². The van der Waals surface area contributed by atoms with E-state index in [1.807, 2.05) is 12.4 Å².